The van der Waals surface area contributed by atoms with Gasteiger partial charge in [-0.25, -0.2) is 0 Å². The summed E-state index contributed by atoms with van der Waals surface area (Å²) in [6.45, 7) is 2.48. The third kappa shape index (κ3) is 5.34. The molecule has 0 spiro atoms. The predicted octanol–water partition coefficient (Wildman–Crippen LogP) is 5.43. The number of thioether (sulfide) groups is 1. The Hall–Kier alpha value is -2.31. The molecule has 0 radical (unpaired) electrons. The highest BCUT2D eigenvalue weighted by molar-refractivity contribution is 9.10. The van der Waals surface area contributed by atoms with E-state index in [-0.39, 0.29) is 24.3 Å². The zero-order chi connectivity index (χ0) is 19.2. The van der Waals surface area contributed by atoms with Gasteiger partial charge in [-0.1, -0.05) is 52.3 Å². The van der Waals surface area contributed by atoms with Gasteiger partial charge in [0.1, 0.15) is 12.4 Å². The third-order valence-electron chi connectivity index (χ3n) is 3.85. The van der Waals surface area contributed by atoms with Gasteiger partial charge in [0.25, 0.3) is 11.1 Å². The Kier molecular flexibility index (Phi) is 6.53. The molecule has 0 atom stereocenters. The molecule has 0 unspecified atom stereocenters. The molecule has 1 aliphatic rings. The molecule has 2 amide bonds. The Labute approximate surface area is 171 Å². The van der Waals surface area contributed by atoms with Crippen molar-refractivity contribution in [3.63, 3.8) is 0 Å². The molecule has 2 aromatic rings. The van der Waals surface area contributed by atoms with Crippen LogP contribution in [0.15, 0.2) is 70.1 Å². The van der Waals surface area contributed by atoms with Crippen LogP contribution >= 0.6 is 27.7 Å². The van der Waals surface area contributed by atoms with Crippen LogP contribution < -0.4 is 4.74 Å². The summed E-state index contributed by atoms with van der Waals surface area (Å²) in [6.07, 6.45) is 5.35. The molecule has 0 N–H and O–H groups in total. The number of hydrogen-bond donors (Lipinski definition) is 0. The van der Waals surface area contributed by atoms with Crippen molar-refractivity contribution in [3.05, 3.63) is 81.2 Å². The Morgan fingerprint density at radius 1 is 1.15 bits per heavy atom. The summed E-state index contributed by atoms with van der Waals surface area (Å²) < 4.78 is 6.64. The van der Waals surface area contributed by atoms with E-state index in [1.165, 1.54) is 4.90 Å². The van der Waals surface area contributed by atoms with Gasteiger partial charge in [-0.05, 0) is 60.2 Å². The normalized spacial score (nSPS) is 15.9. The molecule has 0 bridgehead atoms. The van der Waals surface area contributed by atoms with Gasteiger partial charge >= 0.3 is 0 Å². The number of allylic oxidation sites excluding steroid dienone is 2. The monoisotopic (exact) mass is 443 g/mol. The Balaban J connectivity index is 1.56. The molecule has 3 rings (SSSR count). The number of aryl methyl sites for hydroxylation is 1. The Morgan fingerprint density at radius 2 is 1.93 bits per heavy atom. The number of rotatable bonds is 6. The lowest BCUT2D eigenvalue weighted by Crippen LogP contribution is -2.32. The first kappa shape index (κ1) is 19.5. The van der Waals surface area contributed by atoms with Crippen molar-refractivity contribution in [1.29, 1.82) is 0 Å². The molecule has 138 valence electrons. The van der Waals surface area contributed by atoms with Crippen LogP contribution in [0.5, 0.6) is 5.75 Å². The molecule has 1 heterocycles. The van der Waals surface area contributed by atoms with Gasteiger partial charge in [0, 0.05) is 4.47 Å². The zero-order valence-electron chi connectivity index (χ0n) is 14.7. The summed E-state index contributed by atoms with van der Waals surface area (Å²) in [6, 6.07) is 15.5. The van der Waals surface area contributed by atoms with Crippen LogP contribution in [0.2, 0.25) is 0 Å². The van der Waals surface area contributed by atoms with Crippen LogP contribution in [-0.2, 0) is 4.79 Å². The van der Waals surface area contributed by atoms with Crippen LogP contribution in [-0.4, -0.2) is 29.2 Å². The highest BCUT2D eigenvalue weighted by Gasteiger charge is 2.34. The SMILES string of the molecule is Cc1cccc(OCCN2C(=O)S/C(=C\C=C\c3ccc(Br)cc3)C2=O)c1. The fourth-order valence-corrected chi connectivity index (χ4v) is 3.57. The molecule has 27 heavy (non-hydrogen) atoms. The van der Waals surface area contributed by atoms with E-state index >= 15 is 0 Å². The fourth-order valence-electron chi connectivity index (χ4n) is 2.49. The number of nitrogens with zero attached hydrogens (tertiary/aromatic N) is 1. The highest BCUT2D eigenvalue weighted by atomic mass is 79.9. The third-order valence-corrected chi connectivity index (χ3v) is 5.31. The number of amides is 2. The number of hydrogen-bond acceptors (Lipinski definition) is 4. The maximum absolute atomic E-state index is 12.4. The fraction of sp³-hybridized carbons (Fsp3) is 0.143. The molecule has 1 saturated heterocycles. The van der Waals surface area contributed by atoms with Crippen LogP contribution in [0.25, 0.3) is 6.08 Å². The van der Waals surface area contributed by atoms with Crippen molar-refractivity contribution in [1.82, 2.24) is 4.90 Å². The zero-order valence-corrected chi connectivity index (χ0v) is 17.1. The number of imide groups is 1. The van der Waals surface area contributed by atoms with Crippen molar-refractivity contribution < 1.29 is 14.3 Å². The molecule has 1 aliphatic heterocycles. The average molecular weight is 444 g/mol. The van der Waals surface area contributed by atoms with Gasteiger partial charge in [0.2, 0.25) is 0 Å². The molecule has 0 aromatic heterocycles. The van der Waals surface area contributed by atoms with E-state index in [1.54, 1.807) is 12.2 Å². The van der Waals surface area contributed by atoms with Crippen LogP contribution in [0.1, 0.15) is 11.1 Å². The van der Waals surface area contributed by atoms with E-state index < -0.39 is 0 Å². The molecule has 6 heteroatoms. The molecule has 4 nitrogen and oxygen atoms in total. The van der Waals surface area contributed by atoms with E-state index in [9.17, 15) is 9.59 Å². The lowest BCUT2D eigenvalue weighted by atomic mass is 10.2. The van der Waals surface area contributed by atoms with Crippen LogP contribution in [0.3, 0.4) is 0 Å². The maximum Gasteiger partial charge on any atom is 0.293 e. The van der Waals surface area contributed by atoms with E-state index in [0.29, 0.717) is 4.91 Å². The molecular weight excluding hydrogens is 426 g/mol. The van der Waals surface area contributed by atoms with Crippen molar-refractivity contribution in [2.45, 2.75) is 6.92 Å². The molecule has 0 saturated carbocycles. The van der Waals surface area contributed by atoms with E-state index in [0.717, 1.165) is 33.1 Å². The first-order valence-electron chi connectivity index (χ1n) is 8.40. The summed E-state index contributed by atoms with van der Waals surface area (Å²) in [7, 11) is 0. The van der Waals surface area contributed by atoms with Crippen molar-refractivity contribution in [2.24, 2.45) is 0 Å². The first-order chi connectivity index (χ1) is 13.0. The largest absolute Gasteiger partial charge is 0.492 e. The second kappa shape index (κ2) is 9.06. The van der Waals surface area contributed by atoms with Gasteiger partial charge in [0.05, 0.1) is 11.4 Å². The van der Waals surface area contributed by atoms with E-state index in [2.05, 4.69) is 15.9 Å². The number of carbonyl (C=O) groups excluding carboxylic acids is 2. The maximum atomic E-state index is 12.4. The summed E-state index contributed by atoms with van der Waals surface area (Å²) in [4.78, 5) is 26.2. The van der Waals surface area contributed by atoms with Crippen LogP contribution in [0, 0.1) is 6.92 Å². The standard InChI is InChI=1S/C21H18BrNO3S/c1-15-4-2-6-18(14-15)26-13-12-23-20(24)19(27-21(23)25)7-3-5-16-8-10-17(22)11-9-16/h2-11,14H,12-13H2,1H3/b5-3+,19-7-. The average Bonchev–Trinajstić information content (AvgIpc) is 2.91. The van der Waals surface area contributed by atoms with Crippen LogP contribution in [0.4, 0.5) is 4.79 Å². The number of carbonyl (C=O) groups is 2. The summed E-state index contributed by atoms with van der Waals surface area (Å²) in [5, 5.41) is -0.267. The van der Waals surface area contributed by atoms with Gasteiger partial charge in [-0.15, -0.1) is 0 Å². The second-order valence-electron chi connectivity index (χ2n) is 5.93. The predicted molar refractivity (Wildman–Crippen MR) is 113 cm³/mol. The Morgan fingerprint density at radius 3 is 2.67 bits per heavy atom. The van der Waals surface area contributed by atoms with Gasteiger partial charge < -0.3 is 4.74 Å². The molecule has 2 aromatic carbocycles. The summed E-state index contributed by atoms with van der Waals surface area (Å²) in [5.41, 5.74) is 2.11. The minimum absolute atomic E-state index is 0.229. The quantitative estimate of drug-likeness (QED) is 0.558. The minimum Gasteiger partial charge on any atom is -0.492 e. The number of benzene rings is 2. The number of ether oxygens (including phenoxy) is 1. The second-order valence-corrected chi connectivity index (χ2v) is 7.84. The van der Waals surface area contributed by atoms with Crippen molar-refractivity contribution >= 4 is 44.9 Å². The lowest BCUT2D eigenvalue weighted by molar-refractivity contribution is -0.123. The summed E-state index contributed by atoms with van der Waals surface area (Å²) in [5.74, 6) is 0.452. The summed E-state index contributed by atoms with van der Waals surface area (Å²) >= 11 is 4.34. The minimum atomic E-state index is -0.279. The lowest BCUT2D eigenvalue weighted by Gasteiger charge is -2.13. The molecule has 1 fully saturated rings. The van der Waals surface area contributed by atoms with E-state index in [1.807, 2.05) is 61.5 Å². The first-order valence-corrected chi connectivity index (χ1v) is 10.0. The van der Waals surface area contributed by atoms with Crippen molar-refractivity contribution in [3.8, 4) is 5.75 Å². The van der Waals surface area contributed by atoms with Gasteiger partial charge in [-0.3, -0.25) is 14.5 Å². The van der Waals surface area contributed by atoms with E-state index in [4.69, 9.17) is 4.74 Å². The molecule has 0 aliphatic carbocycles. The molecular formula is C21H18BrNO3S. The topological polar surface area (TPSA) is 46.6 Å². The van der Waals surface area contributed by atoms with Gasteiger partial charge in [-0.2, -0.15) is 0 Å². The highest BCUT2D eigenvalue weighted by Crippen LogP contribution is 2.30. The number of halogens is 1. The van der Waals surface area contributed by atoms with Gasteiger partial charge in [0.15, 0.2) is 0 Å². The smallest absolute Gasteiger partial charge is 0.293 e. The Bertz CT molecular complexity index is 906. The van der Waals surface area contributed by atoms with Crippen molar-refractivity contribution in [2.75, 3.05) is 13.2 Å².